The number of aromatic carboxylic acids is 1. The highest BCUT2D eigenvalue weighted by Gasteiger charge is 2.16. The standard InChI is InChI=1S/C10H17N3O2/c1-3-5-7-13-8(6-4-2)11-12-9(13)10(14)15/h3-7H2,1-2H3,(H,14,15). The van der Waals surface area contributed by atoms with E-state index in [9.17, 15) is 4.79 Å². The second kappa shape index (κ2) is 5.48. The Morgan fingerprint density at radius 3 is 2.60 bits per heavy atom. The summed E-state index contributed by atoms with van der Waals surface area (Å²) in [6, 6.07) is 0. The van der Waals surface area contributed by atoms with Gasteiger partial charge in [-0.1, -0.05) is 20.3 Å². The van der Waals surface area contributed by atoms with Gasteiger partial charge in [0.25, 0.3) is 0 Å². The Kier molecular flexibility index (Phi) is 4.27. The van der Waals surface area contributed by atoms with Crippen molar-refractivity contribution in [2.45, 2.75) is 46.1 Å². The lowest BCUT2D eigenvalue weighted by Gasteiger charge is -2.06. The van der Waals surface area contributed by atoms with Crippen molar-refractivity contribution in [2.75, 3.05) is 0 Å². The molecule has 0 amide bonds. The predicted molar refractivity (Wildman–Crippen MR) is 55.9 cm³/mol. The maximum absolute atomic E-state index is 10.9. The Morgan fingerprint density at radius 2 is 2.07 bits per heavy atom. The van der Waals surface area contributed by atoms with Gasteiger partial charge in [-0.25, -0.2) is 4.79 Å². The van der Waals surface area contributed by atoms with Crippen LogP contribution in [0.2, 0.25) is 0 Å². The first-order valence-electron chi connectivity index (χ1n) is 5.36. The lowest BCUT2D eigenvalue weighted by molar-refractivity contribution is 0.0677. The zero-order valence-corrected chi connectivity index (χ0v) is 9.23. The minimum Gasteiger partial charge on any atom is -0.475 e. The average molecular weight is 211 g/mol. The van der Waals surface area contributed by atoms with Crippen LogP contribution >= 0.6 is 0 Å². The predicted octanol–water partition coefficient (Wildman–Crippen LogP) is 1.73. The van der Waals surface area contributed by atoms with Crippen LogP contribution in [-0.2, 0) is 13.0 Å². The number of hydrogen-bond acceptors (Lipinski definition) is 3. The Balaban J connectivity index is 2.91. The number of carboxylic acids is 1. The summed E-state index contributed by atoms with van der Waals surface area (Å²) in [6.07, 6.45) is 3.71. The summed E-state index contributed by atoms with van der Waals surface area (Å²) >= 11 is 0. The molecule has 0 unspecified atom stereocenters. The summed E-state index contributed by atoms with van der Waals surface area (Å²) in [7, 11) is 0. The quantitative estimate of drug-likeness (QED) is 0.778. The van der Waals surface area contributed by atoms with Crippen molar-refractivity contribution in [1.29, 1.82) is 0 Å². The number of hydrogen-bond donors (Lipinski definition) is 1. The van der Waals surface area contributed by atoms with Gasteiger partial charge in [0.05, 0.1) is 0 Å². The van der Waals surface area contributed by atoms with Crippen molar-refractivity contribution in [3.05, 3.63) is 11.6 Å². The van der Waals surface area contributed by atoms with Gasteiger partial charge in [0, 0.05) is 13.0 Å². The van der Waals surface area contributed by atoms with Gasteiger partial charge in [0.1, 0.15) is 5.82 Å². The molecule has 5 heteroatoms. The monoisotopic (exact) mass is 211 g/mol. The van der Waals surface area contributed by atoms with Crippen LogP contribution in [0.3, 0.4) is 0 Å². The highest BCUT2D eigenvalue weighted by molar-refractivity contribution is 5.83. The molecule has 0 aliphatic carbocycles. The highest BCUT2D eigenvalue weighted by Crippen LogP contribution is 2.07. The normalized spacial score (nSPS) is 10.5. The van der Waals surface area contributed by atoms with Gasteiger partial charge < -0.3 is 9.67 Å². The molecule has 1 heterocycles. The lowest BCUT2D eigenvalue weighted by Crippen LogP contribution is -2.12. The molecule has 1 rings (SSSR count). The molecule has 15 heavy (non-hydrogen) atoms. The molecule has 0 fully saturated rings. The van der Waals surface area contributed by atoms with E-state index >= 15 is 0 Å². The van der Waals surface area contributed by atoms with E-state index in [2.05, 4.69) is 17.1 Å². The molecule has 0 atom stereocenters. The van der Waals surface area contributed by atoms with Crippen LogP contribution in [0, 0.1) is 0 Å². The van der Waals surface area contributed by atoms with Gasteiger partial charge in [-0.3, -0.25) is 0 Å². The molecule has 1 aromatic rings. The largest absolute Gasteiger partial charge is 0.475 e. The van der Waals surface area contributed by atoms with Crippen molar-refractivity contribution >= 4 is 5.97 Å². The summed E-state index contributed by atoms with van der Waals surface area (Å²) in [5.41, 5.74) is 0. The third-order valence-electron chi connectivity index (χ3n) is 2.23. The van der Waals surface area contributed by atoms with E-state index in [1.54, 1.807) is 4.57 Å². The number of nitrogens with zero attached hydrogens (tertiary/aromatic N) is 3. The van der Waals surface area contributed by atoms with Gasteiger partial charge >= 0.3 is 5.97 Å². The molecule has 0 bridgehead atoms. The maximum Gasteiger partial charge on any atom is 0.374 e. The van der Waals surface area contributed by atoms with Crippen LogP contribution in [0.4, 0.5) is 0 Å². The summed E-state index contributed by atoms with van der Waals surface area (Å²) in [5, 5.41) is 16.5. The minimum atomic E-state index is -0.999. The molecule has 0 saturated heterocycles. The van der Waals surface area contributed by atoms with Crippen LogP contribution in [0.15, 0.2) is 0 Å². The van der Waals surface area contributed by atoms with Crippen LogP contribution < -0.4 is 0 Å². The van der Waals surface area contributed by atoms with Crippen molar-refractivity contribution in [3.8, 4) is 0 Å². The fraction of sp³-hybridized carbons (Fsp3) is 0.700. The zero-order valence-electron chi connectivity index (χ0n) is 9.23. The van der Waals surface area contributed by atoms with Crippen LogP contribution in [-0.4, -0.2) is 25.8 Å². The first-order valence-corrected chi connectivity index (χ1v) is 5.36. The van der Waals surface area contributed by atoms with Gasteiger partial charge in [-0.2, -0.15) is 0 Å². The van der Waals surface area contributed by atoms with E-state index in [4.69, 9.17) is 5.11 Å². The summed E-state index contributed by atoms with van der Waals surface area (Å²) < 4.78 is 1.72. The first-order chi connectivity index (χ1) is 7.20. The van der Waals surface area contributed by atoms with Crippen LogP contribution in [0.25, 0.3) is 0 Å². The SMILES string of the molecule is CCCCn1c(CCC)nnc1C(=O)O. The third-order valence-corrected chi connectivity index (χ3v) is 2.23. The zero-order chi connectivity index (χ0) is 11.3. The van der Waals surface area contributed by atoms with Crippen molar-refractivity contribution in [2.24, 2.45) is 0 Å². The number of carboxylic acid groups (broad SMARTS) is 1. The van der Waals surface area contributed by atoms with E-state index in [1.165, 1.54) is 0 Å². The molecule has 0 radical (unpaired) electrons. The smallest absolute Gasteiger partial charge is 0.374 e. The Labute approximate surface area is 89.1 Å². The van der Waals surface area contributed by atoms with Gasteiger partial charge in [0.15, 0.2) is 0 Å². The molecular weight excluding hydrogens is 194 g/mol. The molecular formula is C10H17N3O2. The molecule has 0 aliphatic heterocycles. The summed E-state index contributed by atoms with van der Waals surface area (Å²) in [4.78, 5) is 10.9. The van der Waals surface area contributed by atoms with Crippen LogP contribution in [0.5, 0.6) is 0 Å². The number of rotatable bonds is 6. The topological polar surface area (TPSA) is 68.0 Å². The fourth-order valence-corrected chi connectivity index (χ4v) is 1.45. The molecule has 1 aromatic heterocycles. The molecule has 84 valence electrons. The van der Waals surface area contributed by atoms with Crippen LogP contribution in [0.1, 0.15) is 49.6 Å². The molecule has 0 aliphatic rings. The molecule has 0 aromatic carbocycles. The van der Waals surface area contributed by atoms with Gasteiger partial charge in [-0.05, 0) is 12.8 Å². The number of aromatic nitrogens is 3. The van der Waals surface area contributed by atoms with E-state index in [-0.39, 0.29) is 5.82 Å². The third kappa shape index (κ3) is 2.78. The number of carbonyl (C=O) groups is 1. The number of unbranched alkanes of at least 4 members (excludes halogenated alkanes) is 1. The molecule has 0 saturated carbocycles. The average Bonchev–Trinajstić information content (AvgIpc) is 2.59. The highest BCUT2D eigenvalue weighted by atomic mass is 16.4. The van der Waals surface area contributed by atoms with Crippen molar-refractivity contribution in [3.63, 3.8) is 0 Å². The van der Waals surface area contributed by atoms with E-state index in [0.29, 0.717) is 6.54 Å². The second-order valence-corrected chi connectivity index (χ2v) is 3.50. The minimum absolute atomic E-state index is 0.0619. The molecule has 1 N–H and O–H groups in total. The lowest BCUT2D eigenvalue weighted by atomic mass is 10.3. The second-order valence-electron chi connectivity index (χ2n) is 3.50. The van der Waals surface area contributed by atoms with E-state index in [1.807, 2.05) is 6.92 Å². The van der Waals surface area contributed by atoms with Crippen molar-refractivity contribution < 1.29 is 9.90 Å². The Hall–Kier alpha value is -1.39. The van der Waals surface area contributed by atoms with Gasteiger partial charge in [-0.15, -0.1) is 10.2 Å². The van der Waals surface area contributed by atoms with Gasteiger partial charge in [0.2, 0.25) is 5.82 Å². The molecule has 0 spiro atoms. The Morgan fingerprint density at radius 1 is 1.33 bits per heavy atom. The first kappa shape index (κ1) is 11.7. The summed E-state index contributed by atoms with van der Waals surface area (Å²) in [6.45, 7) is 4.81. The Bertz CT molecular complexity index is 333. The summed E-state index contributed by atoms with van der Waals surface area (Å²) in [5.74, 6) is -0.156. The maximum atomic E-state index is 10.9. The van der Waals surface area contributed by atoms with E-state index in [0.717, 1.165) is 31.5 Å². The molecule has 5 nitrogen and oxygen atoms in total. The van der Waals surface area contributed by atoms with E-state index < -0.39 is 5.97 Å². The number of aryl methyl sites for hydroxylation is 1. The van der Waals surface area contributed by atoms with Crippen molar-refractivity contribution in [1.82, 2.24) is 14.8 Å². The fourth-order valence-electron chi connectivity index (χ4n) is 1.45.